The lowest BCUT2D eigenvalue weighted by Crippen LogP contribution is -2.42. The summed E-state index contributed by atoms with van der Waals surface area (Å²) < 4.78 is 16.0. The fraction of sp³-hybridized carbons (Fsp3) is 0.375. The summed E-state index contributed by atoms with van der Waals surface area (Å²) in [6.07, 6.45) is 1.82. The second-order valence-corrected chi connectivity index (χ2v) is 7.84. The molecule has 3 aromatic rings. The fourth-order valence-electron chi connectivity index (χ4n) is 3.96. The number of nitrogens with zero attached hydrogens (tertiary/aromatic N) is 3. The Morgan fingerprint density at radius 2 is 1.97 bits per heavy atom. The van der Waals surface area contributed by atoms with Crippen molar-refractivity contribution in [2.75, 3.05) is 27.3 Å². The van der Waals surface area contributed by atoms with Gasteiger partial charge in [-0.1, -0.05) is 23.4 Å². The van der Waals surface area contributed by atoms with E-state index in [4.69, 9.17) is 14.0 Å². The van der Waals surface area contributed by atoms with Gasteiger partial charge in [0, 0.05) is 24.2 Å². The van der Waals surface area contributed by atoms with Crippen LogP contribution in [0.4, 0.5) is 0 Å². The molecular formula is C24H28N4O4. The minimum atomic E-state index is -0.0672. The number of benzene rings is 2. The maximum absolute atomic E-state index is 12.8. The average molecular weight is 437 g/mol. The van der Waals surface area contributed by atoms with Gasteiger partial charge in [0.25, 0.3) is 0 Å². The third-order valence-corrected chi connectivity index (χ3v) is 5.70. The van der Waals surface area contributed by atoms with E-state index in [1.165, 1.54) is 0 Å². The molecule has 32 heavy (non-hydrogen) atoms. The first-order valence-electron chi connectivity index (χ1n) is 10.7. The molecule has 1 N–H and O–H groups in total. The molecule has 168 valence electrons. The van der Waals surface area contributed by atoms with Gasteiger partial charge in [0.2, 0.25) is 17.6 Å². The summed E-state index contributed by atoms with van der Waals surface area (Å²) in [6.45, 7) is 2.54. The maximum atomic E-state index is 12.8. The minimum absolute atomic E-state index is 0.0602. The van der Waals surface area contributed by atoms with Crippen LogP contribution in [0.15, 0.2) is 53.1 Å². The van der Waals surface area contributed by atoms with E-state index < -0.39 is 0 Å². The molecule has 0 spiro atoms. The van der Waals surface area contributed by atoms with E-state index in [9.17, 15) is 4.79 Å². The number of hydrogen-bond donors (Lipinski definition) is 1. The molecule has 0 radical (unpaired) electrons. The Morgan fingerprint density at radius 3 is 2.75 bits per heavy atom. The molecule has 4 rings (SSSR count). The highest BCUT2D eigenvalue weighted by Gasteiger charge is 2.27. The minimum Gasteiger partial charge on any atom is -0.497 e. The number of ether oxygens (including phenoxy) is 2. The second kappa shape index (κ2) is 10.3. The summed E-state index contributed by atoms with van der Waals surface area (Å²) in [5, 5.41) is 7.15. The Bertz CT molecular complexity index is 1030. The Labute approximate surface area is 187 Å². The maximum Gasteiger partial charge on any atom is 0.241 e. The summed E-state index contributed by atoms with van der Waals surface area (Å²) in [4.78, 5) is 19.5. The van der Waals surface area contributed by atoms with Gasteiger partial charge in [0.15, 0.2) is 0 Å². The van der Waals surface area contributed by atoms with Crippen LogP contribution in [-0.2, 0) is 17.9 Å². The van der Waals surface area contributed by atoms with Crippen molar-refractivity contribution in [3.05, 3.63) is 60.0 Å². The number of piperidine rings is 1. The Morgan fingerprint density at radius 1 is 1.16 bits per heavy atom. The highest BCUT2D eigenvalue weighted by Crippen LogP contribution is 2.23. The standard InChI is InChI=1S/C24H28N4O4/c1-30-20-11-9-17(10-12-20)23-26-22(32-27-23)16-28-13-5-7-19(15-28)24(29)25-14-18-6-3-4-8-21(18)31-2/h3-4,6,8-12,19H,5,7,13-16H2,1-2H3,(H,25,29). The second-order valence-electron chi connectivity index (χ2n) is 7.84. The third-order valence-electron chi connectivity index (χ3n) is 5.70. The van der Waals surface area contributed by atoms with Gasteiger partial charge in [0.05, 0.1) is 26.7 Å². The van der Waals surface area contributed by atoms with Crippen molar-refractivity contribution in [1.29, 1.82) is 0 Å². The summed E-state index contributed by atoms with van der Waals surface area (Å²) in [5.41, 5.74) is 1.83. The van der Waals surface area contributed by atoms with Crippen molar-refractivity contribution >= 4 is 5.91 Å². The van der Waals surface area contributed by atoms with Crippen molar-refractivity contribution < 1.29 is 18.8 Å². The number of hydrogen-bond acceptors (Lipinski definition) is 7. The number of amides is 1. The van der Waals surface area contributed by atoms with Crippen LogP contribution < -0.4 is 14.8 Å². The molecule has 8 heteroatoms. The lowest BCUT2D eigenvalue weighted by atomic mass is 9.97. The molecule has 0 bridgehead atoms. The first-order chi connectivity index (χ1) is 15.7. The van der Waals surface area contributed by atoms with Gasteiger partial charge in [-0.15, -0.1) is 0 Å². The summed E-state index contributed by atoms with van der Waals surface area (Å²) in [7, 11) is 3.27. The van der Waals surface area contributed by atoms with Crippen LogP contribution in [-0.4, -0.2) is 48.3 Å². The number of nitrogens with one attached hydrogen (secondary N) is 1. The molecule has 8 nitrogen and oxygen atoms in total. The van der Waals surface area contributed by atoms with Gasteiger partial charge in [-0.2, -0.15) is 4.98 Å². The zero-order chi connectivity index (χ0) is 22.3. The first-order valence-corrected chi connectivity index (χ1v) is 10.7. The van der Waals surface area contributed by atoms with Crippen LogP contribution in [0.2, 0.25) is 0 Å². The summed E-state index contributed by atoms with van der Waals surface area (Å²) in [6, 6.07) is 15.2. The highest BCUT2D eigenvalue weighted by atomic mass is 16.5. The van der Waals surface area contributed by atoms with E-state index in [2.05, 4.69) is 20.4 Å². The quantitative estimate of drug-likeness (QED) is 0.580. The van der Waals surface area contributed by atoms with Crippen molar-refractivity contribution in [3.63, 3.8) is 0 Å². The molecule has 1 atom stereocenters. The van der Waals surface area contributed by atoms with Gasteiger partial charge >= 0.3 is 0 Å². The molecule has 1 unspecified atom stereocenters. The predicted octanol–water partition coefficient (Wildman–Crippen LogP) is 3.28. The molecule has 1 fully saturated rings. The largest absolute Gasteiger partial charge is 0.497 e. The number of para-hydroxylation sites is 1. The van der Waals surface area contributed by atoms with Gasteiger partial charge in [0.1, 0.15) is 11.5 Å². The highest BCUT2D eigenvalue weighted by molar-refractivity contribution is 5.79. The first kappa shape index (κ1) is 21.8. The molecule has 1 aliphatic heterocycles. The van der Waals surface area contributed by atoms with Crippen molar-refractivity contribution in [1.82, 2.24) is 20.4 Å². The topological polar surface area (TPSA) is 89.7 Å². The molecule has 2 aromatic carbocycles. The van der Waals surface area contributed by atoms with Gasteiger partial charge < -0.3 is 19.3 Å². The molecule has 1 aromatic heterocycles. The summed E-state index contributed by atoms with van der Waals surface area (Å²) >= 11 is 0. The molecule has 2 heterocycles. The molecular weight excluding hydrogens is 408 g/mol. The zero-order valence-corrected chi connectivity index (χ0v) is 18.4. The van der Waals surface area contributed by atoms with Gasteiger partial charge in [-0.25, -0.2) is 0 Å². The number of carbonyl (C=O) groups is 1. The van der Waals surface area contributed by atoms with E-state index in [1.807, 2.05) is 48.5 Å². The van der Waals surface area contributed by atoms with Crippen LogP contribution >= 0.6 is 0 Å². The van der Waals surface area contributed by atoms with Crippen LogP contribution in [0.3, 0.4) is 0 Å². The van der Waals surface area contributed by atoms with Crippen LogP contribution in [0.5, 0.6) is 11.5 Å². The van der Waals surface area contributed by atoms with E-state index in [1.54, 1.807) is 14.2 Å². The zero-order valence-electron chi connectivity index (χ0n) is 18.4. The van der Waals surface area contributed by atoms with Crippen LogP contribution in [0, 0.1) is 5.92 Å². The van der Waals surface area contributed by atoms with E-state index in [0.717, 1.165) is 42.0 Å². The van der Waals surface area contributed by atoms with Crippen molar-refractivity contribution in [3.8, 4) is 22.9 Å². The molecule has 0 saturated carbocycles. The molecule has 1 amide bonds. The number of aromatic nitrogens is 2. The molecule has 1 saturated heterocycles. The number of rotatable bonds is 8. The monoisotopic (exact) mass is 436 g/mol. The van der Waals surface area contributed by atoms with E-state index in [0.29, 0.717) is 31.3 Å². The van der Waals surface area contributed by atoms with Gasteiger partial charge in [-0.3, -0.25) is 9.69 Å². The average Bonchev–Trinajstić information content (AvgIpc) is 3.31. The number of methoxy groups -OCH3 is 2. The van der Waals surface area contributed by atoms with E-state index >= 15 is 0 Å². The Kier molecular flexibility index (Phi) is 7.01. The number of likely N-dealkylation sites (tertiary alicyclic amines) is 1. The summed E-state index contributed by atoms with van der Waals surface area (Å²) in [5.74, 6) is 2.65. The van der Waals surface area contributed by atoms with Crippen LogP contribution in [0.1, 0.15) is 24.3 Å². The van der Waals surface area contributed by atoms with Gasteiger partial charge in [-0.05, 0) is 49.7 Å². The lowest BCUT2D eigenvalue weighted by Gasteiger charge is -2.30. The van der Waals surface area contributed by atoms with Crippen molar-refractivity contribution in [2.45, 2.75) is 25.9 Å². The Hall–Kier alpha value is -3.39. The van der Waals surface area contributed by atoms with E-state index in [-0.39, 0.29) is 11.8 Å². The SMILES string of the molecule is COc1ccc(-c2noc(CN3CCCC(C(=O)NCc4ccccc4OC)C3)n2)cc1. The smallest absolute Gasteiger partial charge is 0.241 e. The third kappa shape index (κ3) is 5.26. The predicted molar refractivity (Wildman–Crippen MR) is 119 cm³/mol. The Balaban J connectivity index is 1.32. The molecule has 1 aliphatic rings. The van der Waals surface area contributed by atoms with Crippen LogP contribution in [0.25, 0.3) is 11.4 Å². The molecule has 0 aliphatic carbocycles. The number of carbonyl (C=O) groups excluding carboxylic acids is 1. The van der Waals surface area contributed by atoms with Crippen molar-refractivity contribution in [2.24, 2.45) is 5.92 Å². The lowest BCUT2D eigenvalue weighted by molar-refractivity contribution is -0.127. The fourth-order valence-corrected chi connectivity index (χ4v) is 3.96. The normalized spacial score (nSPS) is 16.5.